The smallest absolute Gasteiger partial charge is 0.119 e. The van der Waals surface area contributed by atoms with Gasteiger partial charge >= 0.3 is 0 Å². The van der Waals surface area contributed by atoms with Crippen molar-refractivity contribution in [3.8, 4) is 5.75 Å². The van der Waals surface area contributed by atoms with E-state index in [-0.39, 0.29) is 0 Å². The predicted octanol–water partition coefficient (Wildman–Crippen LogP) is 3.31. The van der Waals surface area contributed by atoms with E-state index in [0.717, 1.165) is 44.3 Å². The van der Waals surface area contributed by atoms with Crippen LogP contribution in [0.2, 0.25) is 0 Å². The summed E-state index contributed by atoms with van der Waals surface area (Å²) in [5.41, 5.74) is 2.51. The van der Waals surface area contributed by atoms with E-state index in [1.165, 1.54) is 30.4 Å². The van der Waals surface area contributed by atoms with Crippen molar-refractivity contribution in [3.05, 3.63) is 29.3 Å². The summed E-state index contributed by atoms with van der Waals surface area (Å²) in [6.45, 7) is 7.37. The Kier molecular flexibility index (Phi) is 6.52. The zero-order valence-corrected chi connectivity index (χ0v) is 13.5. The summed E-state index contributed by atoms with van der Waals surface area (Å²) in [6, 6.07) is 7.11. The number of aliphatic hydroxyl groups excluding tert-OH is 1. The molecule has 3 heteroatoms. The quantitative estimate of drug-likeness (QED) is 0.709. The van der Waals surface area contributed by atoms with E-state index in [1.807, 2.05) is 0 Å². The minimum atomic E-state index is 0.294. The van der Waals surface area contributed by atoms with Crippen LogP contribution in [0.4, 0.5) is 0 Å². The summed E-state index contributed by atoms with van der Waals surface area (Å²) in [6.07, 6.45) is 5.94. The Labute approximate surface area is 128 Å². The molecule has 0 spiro atoms. The minimum absolute atomic E-state index is 0.294. The number of aryl methyl sites for hydroxylation is 2. The highest BCUT2D eigenvalue weighted by molar-refractivity contribution is 5.32. The molecule has 0 heterocycles. The third-order valence-corrected chi connectivity index (χ3v) is 4.25. The number of ether oxygens (including phenoxy) is 1. The molecule has 21 heavy (non-hydrogen) atoms. The molecule has 2 rings (SSSR count). The van der Waals surface area contributed by atoms with Crippen LogP contribution in [-0.4, -0.2) is 42.4 Å². The number of aliphatic hydroxyl groups is 1. The van der Waals surface area contributed by atoms with Crippen LogP contribution in [0.1, 0.15) is 43.2 Å². The van der Waals surface area contributed by atoms with Gasteiger partial charge in [-0.15, -0.1) is 0 Å². The first kappa shape index (κ1) is 16.3. The molecular weight excluding hydrogens is 262 g/mol. The third-order valence-electron chi connectivity index (χ3n) is 4.25. The van der Waals surface area contributed by atoms with Gasteiger partial charge in [0, 0.05) is 25.7 Å². The first-order valence-corrected chi connectivity index (χ1v) is 8.25. The van der Waals surface area contributed by atoms with Crippen LogP contribution in [0.3, 0.4) is 0 Å². The molecule has 0 amide bonds. The van der Waals surface area contributed by atoms with Gasteiger partial charge in [-0.1, -0.05) is 12.5 Å². The van der Waals surface area contributed by atoms with Crippen LogP contribution in [0, 0.1) is 13.8 Å². The van der Waals surface area contributed by atoms with Gasteiger partial charge in [0.2, 0.25) is 0 Å². The van der Waals surface area contributed by atoms with E-state index in [0.29, 0.717) is 6.61 Å². The Morgan fingerprint density at radius 3 is 2.33 bits per heavy atom. The maximum atomic E-state index is 9.01. The summed E-state index contributed by atoms with van der Waals surface area (Å²) < 4.78 is 5.88. The molecule has 118 valence electrons. The lowest BCUT2D eigenvalue weighted by molar-refractivity contribution is 0.109. The number of hydrogen-bond acceptors (Lipinski definition) is 3. The highest BCUT2D eigenvalue weighted by atomic mass is 16.5. The van der Waals surface area contributed by atoms with Crippen molar-refractivity contribution in [2.75, 3.05) is 26.3 Å². The topological polar surface area (TPSA) is 32.7 Å². The van der Waals surface area contributed by atoms with Crippen molar-refractivity contribution in [1.29, 1.82) is 0 Å². The third kappa shape index (κ3) is 5.33. The molecule has 3 nitrogen and oxygen atoms in total. The fourth-order valence-electron chi connectivity index (χ4n) is 2.98. The molecule has 0 unspecified atom stereocenters. The lowest BCUT2D eigenvalue weighted by Crippen LogP contribution is -2.41. The van der Waals surface area contributed by atoms with Gasteiger partial charge in [0.25, 0.3) is 0 Å². The van der Waals surface area contributed by atoms with Gasteiger partial charge in [0.15, 0.2) is 0 Å². The Bertz CT molecular complexity index is 409. The second-order valence-electron chi connectivity index (χ2n) is 6.22. The van der Waals surface area contributed by atoms with Gasteiger partial charge in [-0.2, -0.15) is 0 Å². The SMILES string of the molecule is Cc1cc(C)cc(OCCCN(CCCO)C2CCC2)c1. The molecule has 1 fully saturated rings. The molecule has 0 bridgehead atoms. The van der Waals surface area contributed by atoms with Gasteiger partial charge in [0.05, 0.1) is 6.61 Å². The molecule has 0 saturated heterocycles. The Morgan fingerprint density at radius 2 is 1.76 bits per heavy atom. The van der Waals surface area contributed by atoms with Gasteiger partial charge in [-0.05, 0) is 62.8 Å². The lowest BCUT2D eigenvalue weighted by atomic mass is 9.91. The highest BCUT2D eigenvalue weighted by Crippen LogP contribution is 2.25. The average Bonchev–Trinajstić information content (AvgIpc) is 2.37. The van der Waals surface area contributed by atoms with Crippen LogP contribution in [0.15, 0.2) is 18.2 Å². The zero-order valence-electron chi connectivity index (χ0n) is 13.5. The van der Waals surface area contributed by atoms with Crippen molar-refractivity contribution in [1.82, 2.24) is 4.90 Å². The first-order chi connectivity index (χ1) is 10.2. The number of rotatable bonds is 9. The maximum absolute atomic E-state index is 9.01. The number of nitrogens with zero attached hydrogens (tertiary/aromatic N) is 1. The zero-order chi connectivity index (χ0) is 15.1. The van der Waals surface area contributed by atoms with E-state index in [1.54, 1.807) is 0 Å². The average molecular weight is 291 g/mol. The molecule has 1 aromatic rings. The van der Waals surface area contributed by atoms with Crippen molar-refractivity contribution in [3.63, 3.8) is 0 Å². The van der Waals surface area contributed by atoms with Crippen molar-refractivity contribution in [2.24, 2.45) is 0 Å². The van der Waals surface area contributed by atoms with Crippen LogP contribution < -0.4 is 4.74 Å². The second-order valence-corrected chi connectivity index (χ2v) is 6.22. The number of benzene rings is 1. The molecule has 0 radical (unpaired) electrons. The van der Waals surface area contributed by atoms with E-state index in [9.17, 15) is 0 Å². The summed E-state index contributed by atoms with van der Waals surface area (Å²) in [7, 11) is 0. The molecule has 0 aliphatic heterocycles. The number of hydrogen-bond donors (Lipinski definition) is 1. The lowest BCUT2D eigenvalue weighted by Gasteiger charge is -2.37. The molecule has 1 aromatic carbocycles. The summed E-state index contributed by atoms with van der Waals surface area (Å²) in [5, 5.41) is 9.01. The predicted molar refractivity (Wildman–Crippen MR) is 86.9 cm³/mol. The monoisotopic (exact) mass is 291 g/mol. The van der Waals surface area contributed by atoms with Gasteiger partial charge in [-0.25, -0.2) is 0 Å². The molecule has 0 atom stereocenters. The van der Waals surface area contributed by atoms with Crippen LogP contribution >= 0.6 is 0 Å². The molecular formula is C18H29NO2. The maximum Gasteiger partial charge on any atom is 0.119 e. The van der Waals surface area contributed by atoms with Crippen molar-refractivity contribution < 1.29 is 9.84 Å². The Hall–Kier alpha value is -1.06. The van der Waals surface area contributed by atoms with Crippen molar-refractivity contribution in [2.45, 2.75) is 52.0 Å². The summed E-state index contributed by atoms with van der Waals surface area (Å²) in [4.78, 5) is 2.53. The van der Waals surface area contributed by atoms with Crippen LogP contribution in [0.5, 0.6) is 5.75 Å². The Morgan fingerprint density at radius 1 is 1.10 bits per heavy atom. The molecule has 1 aliphatic carbocycles. The first-order valence-electron chi connectivity index (χ1n) is 8.25. The molecule has 1 saturated carbocycles. The Balaban J connectivity index is 1.71. The standard InChI is InChI=1S/C18H29NO2/c1-15-12-16(2)14-18(13-15)21-11-5-9-19(8-4-10-20)17-6-3-7-17/h12-14,17,20H,3-11H2,1-2H3. The summed E-state index contributed by atoms with van der Waals surface area (Å²) in [5.74, 6) is 0.984. The molecule has 1 N–H and O–H groups in total. The molecule has 0 aromatic heterocycles. The van der Waals surface area contributed by atoms with Crippen molar-refractivity contribution >= 4 is 0 Å². The fraction of sp³-hybridized carbons (Fsp3) is 0.667. The van der Waals surface area contributed by atoms with E-state index >= 15 is 0 Å². The van der Waals surface area contributed by atoms with E-state index < -0.39 is 0 Å². The van der Waals surface area contributed by atoms with E-state index in [4.69, 9.17) is 9.84 Å². The van der Waals surface area contributed by atoms with Gasteiger partial charge in [0.1, 0.15) is 5.75 Å². The van der Waals surface area contributed by atoms with E-state index in [2.05, 4.69) is 36.9 Å². The molecule has 1 aliphatic rings. The normalized spacial score (nSPS) is 15.2. The highest BCUT2D eigenvalue weighted by Gasteiger charge is 2.23. The van der Waals surface area contributed by atoms with Gasteiger partial charge < -0.3 is 14.7 Å². The second kappa shape index (κ2) is 8.40. The largest absolute Gasteiger partial charge is 0.494 e. The minimum Gasteiger partial charge on any atom is -0.494 e. The van der Waals surface area contributed by atoms with Gasteiger partial charge in [-0.3, -0.25) is 0 Å². The summed E-state index contributed by atoms with van der Waals surface area (Å²) >= 11 is 0. The fourth-order valence-corrected chi connectivity index (χ4v) is 2.98. The van der Waals surface area contributed by atoms with Crippen LogP contribution in [-0.2, 0) is 0 Å². The van der Waals surface area contributed by atoms with Crippen LogP contribution in [0.25, 0.3) is 0 Å².